The van der Waals surface area contributed by atoms with Crippen molar-refractivity contribution in [1.82, 2.24) is 10.2 Å². The van der Waals surface area contributed by atoms with Crippen molar-refractivity contribution in [1.29, 1.82) is 0 Å². The molecule has 2 aromatic carbocycles. The van der Waals surface area contributed by atoms with Crippen LogP contribution in [0.25, 0.3) is 0 Å². The van der Waals surface area contributed by atoms with Gasteiger partial charge in [-0.1, -0.05) is 45.0 Å². The average Bonchev–Trinajstić information content (AvgIpc) is 2.96. The maximum Gasteiger partial charge on any atom is 0.387 e. The van der Waals surface area contributed by atoms with E-state index in [4.69, 9.17) is 4.74 Å². The van der Waals surface area contributed by atoms with Crippen LogP contribution in [0.15, 0.2) is 48.5 Å². The molecule has 0 unspecified atom stereocenters. The number of hydrogen-bond donors (Lipinski definition) is 2. The maximum atomic E-state index is 13.0. The van der Waals surface area contributed by atoms with Gasteiger partial charge in [-0.25, -0.2) is 4.79 Å². The smallest absolute Gasteiger partial charge is 0.387 e. The second-order valence-corrected chi connectivity index (χ2v) is 9.11. The van der Waals surface area contributed by atoms with Crippen LogP contribution >= 0.6 is 0 Å². The minimum Gasteiger partial charge on any atom is -0.491 e. The molecule has 3 amide bonds. The summed E-state index contributed by atoms with van der Waals surface area (Å²) in [6.07, 6.45) is -1.11. The molecule has 33 heavy (non-hydrogen) atoms. The SMILES string of the molecule is CC(C)(C)c1ccc(OC[C@@H](O)CN2C(=O)N[C@](C)(c3ccc(OC(F)F)cc3)C2=O)cc1. The summed E-state index contributed by atoms with van der Waals surface area (Å²) in [5.74, 6) is -0.0621. The zero-order valence-electron chi connectivity index (χ0n) is 19.0. The number of halogens is 2. The summed E-state index contributed by atoms with van der Waals surface area (Å²) in [5, 5.41) is 13.0. The summed E-state index contributed by atoms with van der Waals surface area (Å²) in [6, 6.07) is 12.3. The van der Waals surface area contributed by atoms with Crippen LogP contribution in [0.2, 0.25) is 0 Å². The summed E-state index contributed by atoms with van der Waals surface area (Å²) < 4.78 is 34.6. The van der Waals surface area contributed by atoms with Crippen molar-refractivity contribution in [2.24, 2.45) is 0 Å². The molecule has 0 saturated carbocycles. The first-order valence-electron chi connectivity index (χ1n) is 10.5. The molecule has 7 nitrogen and oxygen atoms in total. The monoisotopic (exact) mass is 462 g/mol. The number of aliphatic hydroxyl groups excluding tert-OH is 1. The van der Waals surface area contributed by atoms with Gasteiger partial charge in [0.15, 0.2) is 0 Å². The van der Waals surface area contributed by atoms with Crippen molar-refractivity contribution in [3.63, 3.8) is 0 Å². The predicted molar refractivity (Wildman–Crippen MR) is 117 cm³/mol. The first-order valence-corrected chi connectivity index (χ1v) is 10.5. The summed E-state index contributed by atoms with van der Waals surface area (Å²) in [7, 11) is 0. The molecule has 2 aromatic rings. The summed E-state index contributed by atoms with van der Waals surface area (Å²) in [4.78, 5) is 26.3. The third kappa shape index (κ3) is 5.60. The van der Waals surface area contributed by atoms with Crippen LogP contribution in [0.1, 0.15) is 38.8 Å². The molecular formula is C24H28F2N2O5. The third-order valence-electron chi connectivity index (χ3n) is 5.49. The summed E-state index contributed by atoms with van der Waals surface area (Å²) >= 11 is 0. The minimum absolute atomic E-state index is 0.00440. The second kappa shape index (κ2) is 9.35. The number of rotatable bonds is 8. The van der Waals surface area contributed by atoms with Gasteiger partial charge in [-0.2, -0.15) is 8.78 Å². The number of urea groups is 1. The van der Waals surface area contributed by atoms with Gasteiger partial charge in [-0.15, -0.1) is 0 Å². The van der Waals surface area contributed by atoms with E-state index in [2.05, 4.69) is 30.8 Å². The molecule has 0 spiro atoms. The molecule has 3 rings (SSSR count). The van der Waals surface area contributed by atoms with Gasteiger partial charge in [0.25, 0.3) is 5.91 Å². The number of amides is 3. The normalized spacial score (nSPS) is 19.6. The second-order valence-electron chi connectivity index (χ2n) is 9.11. The zero-order chi connectivity index (χ0) is 24.4. The number of benzene rings is 2. The van der Waals surface area contributed by atoms with Crippen LogP contribution in [0.5, 0.6) is 11.5 Å². The quantitative estimate of drug-likeness (QED) is 0.583. The van der Waals surface area contributed by atoms with Gasteiger partial charge in [0, 0.05) is 0 Å². The number of imide groups is 1. The number of nitrogens with one attached hydrogen (secondary N) is 1. The largest absolute Gasteiger partial charge is 0.491 e. The minimum atomic E-state index is -2.96. The van der Waals surface area contributed by atoms with E-state index in [-0.39, 0.29) is 24.3 Å². The molecule has 2 N–H and O–H groups in total. The predicted octanol–water partition coefficient (Wildman–Crippen LogP) is 3.79. The average molecular weight is 462 g/mol. The summed E-state index contributed by atoms with van der Waals surface area (Å²) in [5.41, 5.74) is 0.145. The fourth-order valence-corrected chi connectivity index (χ4v) is 3.54. The highest BCUT2D eigenvalue weighted by Gasteiger charge is 2.49. The third-order valence-corrected chi connectivity index (χ3v) is 5.49. The van der Waals surface area contributed by atoms with Crippen molar-refractivity contribution in [3.8, 4) is 11.5 Å². The number of β-amino-alcohol motifs (C(OH)–C–C–N with tert-alkyl or cyclic N) is 1. The van der Waals surface area contributed by atoms with Crippen LogP contribution in [0.3, 0.4) is 0 Å². The Labute approximate surface area is 191 Å². The highest BCUT2D eigenvalue weighted by atomic mass is 19.3. The lowest BCUT2D eigenvalue weighted by molar-refractivity contribution is -0.132. The van der Waals surface area contributed by atoms with E-state index in [1.165, 1.54) is 31.2 Å². The zero-order valence-corrected chi connectivity index (χ0v) is 19.0. The molecule has 1 heterocycles. The number of hydrogen-bond acceptors (Lipinski definition) is 5. The Bertz CT molecular complexity index is 989. The molecule has 1 fully saturated rings. The first kappa shape index (κ1) is 24.4. The van der Waals surface area contributed by atoms with Gasteiger partial charge in [-0.3, -0.25) is 9.69 Å². The van der Waals surface area contributed by atoms with E-state index in [1.54, 1.807) is 12.1 Å². The van der Waals surface area contributed by atoms with Crippen molar-refractivity contribution >= 4 is 11.9 Å². The highest BCUT2D eigenvalue weighted by Crippen LogP contribution is 2.30. The van der Waals surface area contributed by atoms with E-state index in [1.807, 2.05) is 12.1 Å². The lowest BCUT2D eigenvalue weighted by atomic mass is 9.87. The van der Waals surface area contributed by atoms with Gasteiger partial charge in [0.2, 0.25) is 0 Å². The van der Waals surface area contributed by atoms with Crippen molar-refractivity contribution in [2.45, 2.75) is 51.4 Å². The molecule has 0 bridgehead atoms. The van der Waals surface area contributed by atoms with Gasteiger partial charge >= 0.3 is 12.6 Å². The Morgan fingerprint density at radius 2 is 1.61 bits per heavy atom. The molecule has 2 atom stereocenters. The van der Waals surface area contributed by atoms with Gasteiger partial charge < -0.3 is 19.9 Å². The van der Waals surface area contributed by atoms with Crippen molar-refractivity contribution < 1.29 is 33.0 Å². The molecule has 1 aliphatic heterocycles. The lowest BCUT2D eigenvalue weighted by Gasteiger charge is -2.23. The van der Waals surface area contributed by atoms with E-state index in [0.717, 1.165) is 10.5 Å². The molecular weight excluding hydrogens is 434 g/mol. The van der Waals surface area contributed by atoms with Gasteiger partial charge in [0.1, 0.15) is 29.7 Å². The standard InChI is InChI=1S/C24H28F2N2O5/c1-23(2,3)15-5-9-18(10-6-15)32-14-17(29)13-28-20(30)24(4,27-22(28)31)16-7-11-19(12-8-16)33-21(25)26/h5-12,17,21,29H,13-14H2,1-4H3,(H,27,31)/t17-,24+/m0/s1. The molecule has 0 aromatic heterocycles. The molecule has 0 aliphatic carbocycles. The molecule has 1 saturated heterocycles. The maximum absolute atomic E-state index is 13.0. The number of nitrogens with zero attached hydrogens (tertiary/aromatic N) is 1. The van der Waals surface area contributed by atoms with Crippen LogP contribution in [-0.2, 0) is 15.7 Å². The van der Waals surface area contributed by atoms with Crippen molar-refractivity contribution in [2.75, 3.05) is 13.2 Å². The van der Waals surface area contributed by atoms with E-state index in [0.29, 0.717) is 11.3 Å². The van der Waals surface area contributed by atoms with Crippen LogP contribution < -0.4 is 14.8 Å². The Kier molecular flexibility index (Phi) is 6.92. The summed E-state index contributed by atoms with van der Waals surface area (Å²) in [6.45, 7) is 4.48. The van der Waals surface area contributed by atoms with Gasteiger partial charge in [-0.05, 0) is 47.7 Å². The number of carbonyl (C=O) groups excluding carboxylic acids is 2. The Morgan fingerprint density at radius 1 is 1.03 bits per heavy atom. The van der Waals surface area contributed by atoms with E-state index < -0.39 is 30.2 Å². The van der Waals surface area contributed by atoms with Gasteiger partial charge in [0.05, 0.1) is 6.54 Å². The fraction of sp³-hybridized carbons (Fsp3) is 0.417. The first-order chi connectivity index (χ1) is 15.4. The Balaban J connectivity index is 1.61. The Hall–Kier alpha value is -3.20. The van der Waals surface area contributed by atoms with Crippen LogP contribution in [0.4, 0.5) is 13.6 Å². The van der Waals surface area contributed by atoms with E-state index in [9.17, 15) is 23.5 Å². The fourth-order valence-electron chi connectivity index (χ4n) is 3.54. The number of ether oxygens (including phenoxy) is 2. The van der Waals surface area contributed by atoms with E-state index >= 15 is 0 Å². The lowest BCUT2D eigenvalue weighted by Crippen LogP contribution is -2.42. The number of alkyl halides is 2. The molecule has 1 aliphatic rings. The highest BCUT2D eigenvalue weighted by molar-refractivity contribution is 6.07. The number of aliphatic hydroxyl groups is 1. The topological polar surface area (TPSA) is 88.1 Å². The van der Waals surface area contributed by atoms with Crippen LogP contribution in [-0.4, -0.2) is 47.8 Å². The van der Waals surface area contributed by atoms with Crippen LogP contribution in [0, 0.1) is 0 Å². The molecule has 0 radical (unpaired) electrons. The molecule has 178 valence electrons. The Morgan fingerprint density at radius 3 is 2.15 bits per heavy atom. The number of carbonyl (C=O) groups is 2. The molecule has 9 heteroatoms. The van der Waals surface area contributed by atoms with Crippen molar-refractivity contribution in [3.05, 3.63) is 59.7 Å².